The van der Waals surface area contributed by atoms with Gasteiger partial charge in [0.05, 0.1) is 27.7 Å². The number of carbonyl (C=O) groups excluding carboxylic acids is 1. The number of ether oxygens (including phenoxy) is 1. The van der Waals surface area contributed by atoms with E-state index in [1.807, 2.05) is 6.92 Å². The van der Waals surface area contributed by atoms with Crippen LogP contribution in [0.15, 0.2) is 41.6 Å². The Morgan fingerprint density at radius 2 is 1.91 bits per heavy atom. The molecule has 3 heterocycles. The maximum Gasteiger partial charge on any atom is 0.255 e. The summed E-state index contributed by atoms with van der Waals surface area (Å²) in [6, 6.07) is 6.69. The lowest BCUT2D eigenvalue weighted by molar-refractivity contribution is 0.0904. The van der Waals surface area contributed by atoms with Crippen LogP contribution in [0.5, 0.6) is 0 Å². The van der Waals surface area contributed by atoms with Crippen LogP contribution in [0.25, 0.3) is 11.0 Å². The molecule has 0 unspecified atom stereocenters. The lowest BCUT2D eigenvalue weighted by Crippen LogP contribution is -2.30. The minimum atomic E-state index is -3.26. The molecule has 1 aliphatic heterocycles. The smallest absolute Gasteiger partial charge is 0.255 e. The van der Waals surface area contributed by atoms with Gasteiger partial charge in [0.2, 0.25) is 0 Å². The Balaban J connectivity index is 1.57. The molecule has 4 rings (SSSR count). The van der Waals surface area contributed by atoms with Gasteiger partial charge in [0.15, 0.2) is 15.5 Å². The van der Waals surface area contributed by atoms with Crippen molar-refractivity contribution in [2.45, 2.75) is 43.8 Å². The van der Waals surface area contributed by atoms with Gasteiger partial charge in [0, 0.05) is 44.8 Å². The summed E-state index contributed by atoms with van der Waals surface area (Å²) in [6.45, 7) is 4.32. The molecule has 0 radical (unpaired) electrons. The Hall–Kier alpha value is -2.98. The molecule has 0 spiro atoms. The van der Waals surface area contributed by atoms with E-state index in [0.717, 1.165) is 35.1 Å². The Labute approximate surface area is 187 Å². The van der Waals surface area contributed by atoms with Crippen molar-refractivity contribution < 1.29 is 17.9 Å². The van der Waals surface area contributed by atoms with Gasteiger partial charge in [-0.05, 0) is 37.5 Å². The maximum absolute atomic E-state index is 13.1. The van der Waals surface area contributed by atoms with E-state index in [9.17, 15) is 13.2 Å². The van der Waals surface area contributed by atoms with Crippen LogP contribution < -0.4 is 10.6 Å². The number of hydrogen-bond donors (Lipinski definition) is 2. The molecule has 0 aliphatic carbocycles. The predicted octanol–water partition coefficient (Wildman–Crippen LogP) is 2.38. The van der Waals surface area contributed by atoms with Gasteiger partial charge in [-0.1, -0.05) is 12.1 Å². The average molecular weight is 458 g/mol. The molecule has 1 fully saturated rings. The van der Waals surface area contributed by atoms with E-state index in [2.05, 4.69) is 20.7 Å². The Morgan fingerprint density at radius 3 is 2.56 bits per heavy atom. The highest BCUT2D eigenvalue weighted by atomic mass is 32.2. The third-order valence-corrected chi connectivity index (χ3v) is 6.71. The number of anilines is 1. The van der Waals surface area contributed by atoms with Crippen LogP contribution in [0.4, 0.5) is 5.69 Å². The summed E-state index contributed by atoms with van der Waals surface area (Å²) in [6.07, 6.45) is 6.22. The van der Waals surface area contributed by atoms with E-state index >= 15 is 0 Å². The second-order valence-corrected chi connectivity index (χ2v) is 9.89. The molecule has 1 amide bonds. The van der Waals surface area contributed by atoms with Crippen LogP contribution in [0.3, 0.4) is 0 Å². The van der Waals surface area contributed by atoms with Crippen LogP contribution in [0, 0.1) is 0 Å². The molecule has 32 heavy (non-hydrogen) atoms. The summed E-state index contributed by atoms with van der Waals surface area (Å²) in [4.78, 5) is 17.8. The molecule has 9 nitrogen and oxygen atoms in total. The fraction of sp³-hybridized carbons (Fsp3) is 0.409. The number of pyridine rings is 1. The molecule has 0 atom stereocenters. The molecule has 1 saturated heterocycles. The lowest BCUT2D eigenvalue weighted by Gasteiger charge is -2.25. The average Bonchev–Trinajstić information content (AvgIpc) is 3.22. The second kappa shape index (κ2) is 9.25. The molecule has 10 heteroatoms. The van der Waals surface area contributed by atoms with Gasteiger partial charge in [-0.2, -0.15) is 5.10 Å². The highest BCUT2D eigenvalue weighted by molar-refractivity contribution is 7.90. The quantitative estimate of drug-likeness (QED) is 0.560. The number of carbonyl (C=O) groups is 1. The van der Waals surface area contributed by atoms with E-state index in [1.165, 1.54) is 6.26 Å². The zero-order chi connectivity index (χ0) is 22.7. The van der Waals surface area contributed by atoms with E-state index in [4.69, 9.17) is 4.74 Å². The number of benzene rings is 1. The monoisotopic (exact) mass is 457 g/mol. The first-order chi connectivity index (χ1) is 15.4. The number of amides is 1. The summed E-state index contributed by atoms with van der Waals surface area (Å²) in [5.74, 6) is -0.259. The second-order valence-electron chi connectivity index (χ2n) is 7.87. The number of sulfone groups is 1. The molecule has 2 aromatic heterocycles. The van der Waals surface area contributed by atoms with E-state index in [0.29, 0.717) is 25.3 Å². The Kier molecular flexibility index (Phi) is 6.43. The number of rotatable bonds is 7. The zero-order valence-corrected chi connectivity index (χ0v) is 19.0. The van der Waals surface area contributed by atoms with E-state index < -0.39 is 9.84 Å². The van der Waals surface area contributed by atoms with Gasteiger partial charge >= 0.3 is 0 Å². The van der Waals surface area contributed by atoms with Crippen LogP contribution in [-0.4, -0.2) is 54.6 Å². The first kappa shape index (κ1) is 22.2. The van der Waals surface area contributed by atoms with Gasteiger partial charge < -0.3 is 15.4 Å². The largest absolute Gasteiger partial charge is 0.381 e. The highest BCUT2D eigenvalue weighted by Gasteiger charge is 2.22. The first-order valence-corrected chi connectivity index (χ1v) is 12.5. The molecule has 3 aromatic rings. The molecule has 0 saturated carbocycles. The van der Waals surface area contributed by atoms with Crippen LogP contribution in [0.1, 0.15) is 35.7 Å². The molecule has 0 bridgehead atoms. The zero-order valence-electron chi connectivity index (χ0n) is 18.2. The Morgan fingerprint density at radius 1 is 1.19 bits per heavy atom. The Bertz CT molecular complexity index is 1220. The molecular formula is C22H27N5O4S. The number of hydrogen-bond acceptors (Lipinski definition) is 7. The summed E-state index contributed by atoms with van der Waals surface area (Å²) in [5.41, 5.74) is 2.71. The molecular weight excluding hydrogens is 430 g/mol. The van der Waals surface area contributed by atoms with Gasteiger partial charge in [-0.25, -0.2) is 18.1 Å². The summed E-state index contributed by atoms with van der Waals surface area (Å²) >= 11 is 0. The van der Waals surface area contributed by atoms with E-state index in [-0.39, 0.29) is 23.4 Å². The van der Waals surface area contributed by atoms with E-state index in [1.54, 1.807) is 41.3 Å². The van der Waals surface area contributed by atoms with Gasteiger partial charge in [0.1, 0.15) is 0 Å². The lowest BCUT2D eigenvalue weighted by atomic mass is 10.1. The maximum atomic E-state index is 13.1. The van der Waals surface area contributed by atoms with Gasteiger partial charge in [-0.3, -0.25) is 4.79 Å². The van der Waals surface area contributed by atoms with Crippen LogP contribution in [0.2, 0.25) is 0 Å². The number of nitrogens with zero attached hydrogens (tertiary/aromatic N) is 3. The first-order valence-electron chi connectivity index (χ1n) is 10.6. The molecule has 1 aromatic carbocycles. The molecule has 1 aliphatic rings. The standard InChI is InChI=1S/C22H27N5O4S/c1-3-27-21-18(14-25-27)20(26-16-8-10-31-11-9-16)19(13-23-21)22(28)24-12-15-4-6-17(7-5-15)32(2,29)30/h4-7,13-14,16H,3,8-12H2,1-2H3,(H,23,26)(H,24,28). The van der Waals surface area contributed by atoms with Gasteiger partial charge in [0.25, 0.3) is 5.91 Å². The fourth-order valence-electron chi connectivity index (χ4n) is 3.76. The van der Waals surface area contributed by atoms with Crippen molar-refractivity contribution in [3.8, 4) is 0 Å². The number of fused-ring (bicyclic) bond motifs is 1. The number of nitrogens with one attached hydrogen (secondary N) is 2. The summed E-state index contributed by atoms with van der Waals surface area (Å²) in [7, 11) is -3.26. The molecule has 2 N–H and O–H groups in total. The normalized spacial score (nSPS) is 15.1. The third kappa shape index (κ3) is 4.76. The van der Waals surface area contributed by atoms with Crippen LogP contribution in [-0.2, 0) is 27.7 Å². The van der Waals surface area contributed by atoms with Crippen molar-refractivity contribution in [1.82, 2.24) is 20.1 Å². The van der Waals surface area contributed by atoms with Gasteiger partial charge in [-0.15, -0.1) is 0 Å². The molecule has 170 valence electrons. The highest BCUT2D eigenvalue weighted by Crippen LogP contribution is 2.28. The fourth-order valence-corrected chi connectivity index (χ4v) is 4.39. The van der Waals surface area contributed by atoms with Crippen molar-refractivity contribution in [3.05, 3.63) is 47.8 Å². The van der Waals surface area contributed by atoms with Crippen molar-refractivity contribution in [2.24, 2.45) is 0 Å². The van der Waals surface area contributed by atoms with Crippen LogP contribution >= 0.6 is 0 Å². The minimum absolute atomic E-state index is 0.203. The predicted molar refractivity (Wildman–Crippen MR) is 121 cm³/mol. The van der Waals surface area contributed by atoms with Crippen molar-refractivity contribution in [3.63, 3.8) is 0 Å². The van der Waals surface area contributed by atoms with Crippen molar-refractivity contribution in [2.75, 3.05) is 24.8 Å². The van der Waals surface area contributed by atoms with Crippen molar-refractivity contribution in [1.29, 1.82) is 0 Å². The minimum Gasteiger partial charge on any atom is -0.381 e. The van der Waals surface area contributed by atoms with Crippen molar-refractivity contribution >= 4 is 32.5 Å². The third-order valence-electron chi connectivity index (χ3n) is 5.58. The SMILES string of the molecule is CCn1ncc2c(NC3CCOCC3)c(C(=O)NCc3ccc(S(C)(=O)=O)cc3)cnc21. The number of aryl methyl sites for hydroxylation is 1. The summed E-state index contributed by atoms with van der Waals surface area (Å²) < 4.78 is 30.5. The topological polar surface area (TPSA) is 115 Å². The number of aromatic nitrogens is 3. The summed E-state index contributed by atoms with van der Waals surface area (Å²) in [5, 5.41) is 11.7.